The van der Waals surface area contributed by atoms with Gasteiger partial charge in [0.15, 0.2) is 5.82 Å². The highest BCUT2D eigenvalue weighted by atomic mass is 35.5. The van der Waals surface area contributed by atoms with Crippen LogP contribution in [0.15, 0.2) is 28.9 Å². The average molecular weight is 310 g/mol. The lowest BCUT2D eigenvalue weighted by Crippen LogP contribution is -1.91. The lowest BCUT2D eigenvalue weighted by Gasteiger charge is -1.99. The molecule has 2 aromatic heterocycles. The number of nitrogens with one attached hydrogen (secondary N) is 1. The van der Waals surface area contributed by atoms with E-state index >= 15 is 0 Å². The number of nitrogens with zero attached hydrogens (tertiary/aromatic N) is 3. The van der Waals surface area contributed by atoms with Crippen molar-refractivity contribution in [1.29, 1.82) is 0 Å². The van der Waals surface area contributed by atoms with Gasteiger partial charge in [-0.3, -0.25) is 5.10 Å². The molecule has 0 saturated heterocycles. The average Bonchev–Trinajstić information content (AvgIpc) is 3.03. The molecule has 0 radical (unpaired) electrons. The van der Waals surface area contributed by atoms with Gasteiger partial charge in [-0.2, -0.15) is 10.1 Å². The molecule has 0 aliphatic rings. The van der Waals surface area contributed by atoms with Crippen LogP contribution in [0, 0.1) is 0 Å². The van der Waals surface area contributed by atoms with E-state index in [1.54, 1.807) is 12.1 Å². The van der Waals surface area contributed by atoms with Crippen LogP contribution in [-0.2, 0) is 6.42 Å². The van der Waals surface area contributed by atoms with Crippen LogP contribution in [0.3, 0.4) is 0 Å². The number of H-pyrrole nitrogens is 1. The van der Waals surface area contributed by atoms with E-state index in [0.29, 0.717) is 39.6 Å². The van der Waals surface area contributed by atoms with Crippen molar-refractivity contribution in [3.63, 3.8) is 0 Å². The third kappa shape index (κ3) is 2.48. The Balaban J connectivity index is 1.84. The standard InChI is InChI=1S/C12H9Cl2N5O/c13-8-2-1-6(3-9(8)14)4-10-17-12(20-19-10)7-5-16-18-11(7)15/h1-3,5H,4H2,(H3,15,16,18). The van der Waals surface area contributed by atoms with Crippen LogP contribution < -0.4 is 5.73 Å². The Morgan fingerprint density at radius 1 is 1.25 bits per heavy atom. The Bertz CT molecular complexity index is 752. The van der Waals surface area contributed by atoms with Gasteiger partial charge in [-0.15, -0.1) is 0 Å². The van der Waals surface area contributed by atoms with Crippen molar-refractivity contribution in [3.8, 4) is 11.5 Å². The highest BCUT2D eigenvalue weighted by Gasteiger charge is 2.13. The summed E-state index contributed by atoms with van der Waals surface area (Å²) in [5.41, 5.74) is 7.21. The number of hydrogen-bond donors (Lipinski definition) is 2. The van der Waals surface area contributed by atoms with Crippen LogP contribution in [0.4, 0.5) is 5.82 Å². The second kappa shape index (κ2) is 5.15. The number of aromatic nitrogens is 4. The maximum absolute atomic E-state index is 5.96. The van der Waals surface area contributed by atoms with Gasteiger partial charge in [-0.05, 0) is 17.7 Å². The Morgan fingerprint density at radius 3 is 2.80 bits per heavy atom. The van der Waals surface area contributed by atoms with Gasteiger partial charge < -0.3 is 10.3 Å². The van der Waals surface area contributed by atoms with E-state index in [1.165, 1.54) is 6.20 Å². The van der Waals surface area contributed by atoms with Crippen molar-refractivity contribution in [2.24, 2.45) is 0 Å². The molecule has 0 fully saturated rings. The summed E-state index contributed by atoms with van der Waals surface area (Å²) >= 11 is 11.8. The van der Waals surface area contributed by atoms with Gasteiger partial charge in [0.05, 0.1) is 16.2 Å². The maximum Gasteiger partial charge on any atom is 0.263 e. The Labute approximate surface area is 123 Å². The van der Waals surface area contributed by atoms with Gasteiger partial charge in [-0.1, -0.05) is 34.4 Å². The van der Waals surface area contributed by atoms with Gasteiger partial charge in [0.2, 0.25) is 0 Å². The van der Waals surface area contributed by atoms with E-state index in [9.17, 15) is 0 Å². The smallest absolute Gasteiger partial charge is 0.263 e. The molecule has 6 nitrogen and oxygen atoms in total. The van der Waals surface area contributed by atoms with Gasteiger partial charge in [-0.25, -0.2) is 0 Å². The molecular formula is C12H9Cl2N5O. The third-order valence-corrected chi connectivity index (χ3v) is 3.45. The maximum atomic E-state index is 5.96. The molecule has 0 atom stereocenters. The molecule has 0 bridgehead atoms. The molecule has 0 aliphatic carbocycles. The lowest BCUT2D eigenvalue weighted by atomic mass is 10.1. The molecule has 8 heteroatoms. The first-order chi connectivity index (χ1) is 9.63. The molecule has 1 aromatic carbocycles. The topological polar surface area (TPSA) is 93.6 Å². The molecule has 102 valence electrons. The summed E-state index contributed by atoms with van der Waals surface area (Å²) < 4.78 is 5.16. The summed E-state index contributed by atoms with van der Waals surface area (Å²) in [4.78, 5) is 4.27. The molecule has 0 aliphatic heterocycles. The number of halogens is 2. The lowest BCUT2D eigenvalue weighted by molar-refractivity contribution is 0.424. The van der Waals surface area contributed by atoms with Crippen LogP contribution >= 0.6 is 23.2 Å². The number of nitrogen functional groups attached to an aromatic ring is 1. The Hall–Kier alpha value is -2.05. The largest absolute Gasteiger partial charge is 0.383 e. The van der Waals surface area contributed by atoms with Gasteiger partial charge in [0, 0.05) is 6.42 Å². The van der Waals surface area contributed by atoms with E-state index in [2.05, 4.69) is 20.3 Å². The molecule has 3 aromatic rings. The fraction of sp³-hybridized carbons (Fsp3) is 0.0833. The van der Waals surface area contributed by atoms with Crippen LogP contribution in [-0.4, -0.2) is 20.3 Å². The molecule has 2 heterocycles. The van der Waals surface area contributed by atoms with Crippen molar-refractivity contribution >= 4 is 29.0 Å². The monoisotopic (exact) mass is 309 g/mol. The number of aromatic amines is 1. The Kier molecular flexibility index (Phi) is 3.33. The summed E-state index contributed by atoms with van der Waals surface area (Å²) in [5, 5.41) is 11.3. The predicted molar refractivity (Wildman–Crippen MR) is 75.6 cm³/mol. The first kappa shape index (κ1) is 13.0. The van der Waals surface area contributed by atoms with E-state index in [4.69, 9.17) is 33.5 Å². The van der Waals surface area contributed by atoms with Crippen molar-refractivity contribution in [2.45, 2.75) is 6.42 Å². The van der Waals surface area contributed by atoms with Crippen LogP contribution in [0.1, 0.15) is 11.4 Å². The zero-order chi connectivity index (χ0) is 14.1. The van der Waals surface area contributed by atoms with Crippen LogP contribution in [0.5, 0.6) is 0 Å². The SMILES string of the molecule is Nc1[nH]ncc1-c1nc(Cc2ccc(Cl)c(Cl)c2)no1. The van der Waals surface area contributed by atoms with E-state index < -0.39 is 0 Å². The number of nitrogens with two attached hydrogens (primary N) is 1. The van der Waals surface area contributed by atoms with E-state index in [-0.39, 0.29) is 0 Å². The summed E-state index contributed by atoms with van der Waals surface area (Å²) in [5.74, 6) is 1.24. The molecule has 0 saturated carbocycles. The van der Waals surface area contributed by atoms with Gasteiger partial charge in [0.1, 0.15) is 11.4 Å². The fourth-order valence-corrected chi connectivity index (χ4v) is 2.05. The number of anilines is 1. The van der Waals surface area contributed by atoms with Crippen molar-refractivity contribution in [1.82, 2.24) is 20.3 Å². The summed E-state index contributed by atoms with van der Waals surface area (Å²) in [6, 6.07) is 5.36. The third-order valence-electron chi connectivity index (χ3n) is 2.71. The zero-order valence-electron chi connectivity index (χ0n) is 10.1. The molecule has 3 N–H and O–H groups in total. The second-order valence-electron chi connectivity index (χ2n) is 4.14. The molecule has 20 heavy (non-hydrogen) atoms. The molecule has 0 spiro atoms. The van der Waals surface area contributed by atoms with Crippen LogP contribution in [0.2, 0.25) is 10.0 Å². The summed E-state index contributed by atoms with van der Waals surface area (Å²) in [6.07, 6.45) is 2.02. The van der Waals surface area contributed by atoms with E-state index in [0.717, 1.165) is 5.56 Å². The van der Waals surface area contributed by atoms with Gasteiger partial charge >= 0.3 is 0 Å². The zero-order valence-corrected chi connectivity index (χ0v) is 11.6. The van der Waals surface area contributed by atoms with Crippen molar-refractivity contribution < 1.29 is 4.52 Å². The van der Waals surface area contributed by atoms with Gasteiger partial charge in [0.25, 0.3) is 5.89 Å². The number of rotatable bonds is 3. The molecular weight excluding hydrogens is 301 g/mol. The molecule has 0 amide bonds. The van der Waals surface area contributed by atoms with E-state index in [1.807, 2.05) is 6.07 Å². The molecule has 3 rings (SSSR count). The summed E-state index contributed by atoms with van der Waals surface area (Å²) in [7, 11) is 0. The van der Waals surface area contributed by atoms with Crippen LogP contribution in [0.25, 0.3) is 11.5 Å². The first-order valence-corrected chi connectivity index (χ1v) is 6.45. The minimum Gasteiger partial charge on any atom is -0.383 e. The fourth-order valence-electron chi connectivity index (χ4n) is 1.73. The highest BCUT2D eigenvalue weighted by molar-refractivity contribution is 6.42. The number of benzene rings is 1. The first-order valence-electron chi connectivity index (χ1n) is 5.69. The normalized spacial score (nSPS) is 10.9. The minimum absolute atomic E-state index is 0.325. The minimum atomic E-state index is 0.325. The second-order valence-corrected chi connectivity index (χ2v) is 4.95. The predicted octanol–water partition coefficient (Wildman–Crippen LogP) is 2.94. The molecule has 0 unspecified atom stereocenters. The Morgan fingerprint density at radius 2 is 2.10 bits per heavy atom. The quantitative estimate of drug-likeness (QED) is 0.775. The van der Waals surface area contributed by atoms with Crippen molar-refractivity contribution in [2.75, 3.05) is 5.73 Å². The number of hydrogen-bond acceptors (Lipinski definition) is 5. The van der Waals surface area contributed by atoms with Crippen molar-refractivity contribution in [3.05, 3.63) is 45.8 Å². The highest BCUT2D eigenvalue weighted by Crippen LogP contribution is 2.25. The summed E-state index contributed by atoms with van der Waals surface area (Å²) in [6.45, 7) is 0.